The van der Waals surface area contributed by atoms with Crippen molar-refractivity contribution in [3.05, 3.63) is 51.4 Å². The van der Waals surface area contributed by atoms with E-state index in [1.807, 2.05) is 26.0 Å². The quantitative estimate of drug-likeness (QED) is 0.611. The van der Waals surface area contributed by atoms with Gasteiger partial charge in [-0.3, -0.25) is 9.48 Å². The Kier molecular flexibility index (Phi) is 5.48. The number of hydrogen-bond donors (Lipinski definition) is 2. The summed E-state index contributed by atoms with van der Waals surface area (Å²) in [5.41, 5.74) is 2.98. The highest BCUT2D eigenvalue weighted by Gasteiger charge is 2.27. The van der Waals surface area contributed by atoms with Gasteiger partial charge in [0.25, 0.3) is 0 Å². The minimum absolute atomic E-state index is 0.0733. The number of aromatic carboxylic acids is 1. The molecule has 3 aromatic rings. The SMILES string of the molecule is Cc1cc(C(C)Nc2cnn(C)c2C(=O)O)c2oc(N3CCC(C)(C)CC3)cc(=O)c2c1. The predicted octanol–water partition coefficient (Wildman–Crippen LogP) is 4.33. The van der Waals surface area contributed by atoms with E-state index in [1.54, 1.807) is 13.1 Å². The van der Waals surface area contributed by atoms with E-state index in [0.717, 1.165) is 37.1 Å². The van der Waals surface area contributed by atoms with Gasteiger partial charge in [-0.05, 0) is 43.7 Å². The van der Waals surface area contributed by atoms with Crippen LogP contribution in [0.2, 0.25) is 0 Å². The largest absolute Gasteiger partial charge is 0.476 e. The molecule has 0 amide bonds. The van der Waals surface area contributed by atoms with Crippen molar-refractivity contribution in [3.8, 4) is 0 Å². The molecule has 8 nitrogen and oxygen atoms in total. The lowest BCUT2D eigenvalue weighted by Crippen LogP contribution is -2.37. The summed E-state index contributed by atoms with van der Waals surface area (Å²) in [6, 6.07) is 5.10. The lowest BCUT2D eigenvalue weighted by atomic mass is 9.83. The molecule has 32 heavy (non-hydrogen) atoms. The van der Waals surface area contributed by atoms with E-state index in [9.17, 15) is 14.7 Å². The zero-order chi connectivity index (χ0) is 23.2. The zero-order valence-electron chi connectivity index (χ0n) is 19.2. The Morgan fingerprint density at radius 1 is 1.25 bits per heavy atom. The minimum atomic E-state index is -1.06. The number of piperidine rings is 1. The van der Waals surface area contributed by atoms with E-state index in [2.05, 4.69) is 29.2 Å². The summed E-state index contributed by atoms with van der Waals surface area (Å²) in [7, 11) is 1.59. The molecule has 0 spiro atoms. The van der Waals surface area contributed by atoms with Gasteiger partial charge in [-0.2, -0.15) is 5.10 Å². The third-order valence-corrected chi connectivity index (χ3v) is 6.40. The van der Waals surface area contributed by atoms with Crippen LogP contribution in [0, 0.1) is 12.3 Å². The molecule has 1 fully saturated rings. The molecule has 170 valence electrons. The monoisotopic (exact) mass is 438 g/mol. The molecule has 3 heterocycles. The van der Waals surface area contributed by atoms with Crippen LogP contribution in [0.5, 0.6) is 0 Å². The van der Waals surface area contributed by atoms with Gasteiger partial charge < -0.3 is 19.7 Å². The summed E-state index contributed by atoms with van der Waals surface area (Å²) in [4.78, 5) is 26.8. The van der Waals surface area contributed by atoms with E-state index in [4.69, 9.17) is 4.42 Å². The molecule has 0 radical (unpaired) electrons. The molecule has 1 atom stereocenters. The Morgan fingerprint density at radius 3 is 2.59 bits per heavy atom. The molecule has 1 aliphatic rings. The number of hydrogen-bond acceptors (Lipinski definition) is 6. The van der Waals surface area contributed by atoms with Gasteiger partial charge in [-0.25, -0.2) is 4.79 Å². The van der Waals surface area contributed by atoms with Gasteiger partial charge in [0.15, 0.2) is 17.0 Å². The number of carbonyl (C=O) groups is 1. The van der Waals surface area contributed by atoms with Gasteiger partial charge in [0, 0.05) is 31.8 Å². The number of aryl methyl sites for hydroxylation is 2. The first-order valence-electron chi connectivity index (χ1n) is 10.9. The Morgan fingerprint density at radius 2 is 1.94 bits per heavy atom. The van der Waals surface area contributed by atoms with Crippen molar-refractivity contribution in [2.45, 2.75) is 46.6 Å². The lowest BCUT2D eigenvalue weighted by Gasteiger charge is -2.37. The number of aromatic nitrogens is 2. The average molecular weight is 439 g/mol. The maximum atomic E-state index is 13.0. The van der Waals surface area contributed by atoms with Crippen LogP contribution in [0.15, 0.2) is 33.6 Å². The highest BCUT2D eigenvalue weighted by atomic mass is 16.4. The fourth-order valence-electron chi connectivity index (χ4n) is 4.34. The summed E-state index contributed by atoms with van der Waals surface area (Å²) < 4.78 is 7.65. The maximum absolute atomic E-state index is 13.0. The number of rotatable bonds is 5. The normalized spacial score (nSPS) is 16.8. The molecular weight excluding hydrogens is 408 g/mol. The molecule has 1 saturated heterocycles. The molecule has 0 aliphatic carbocycles. The molecule has 1 aliphatic heterocycles. The van der Waals surface area contributed by atoms with Gasteiger partial charge >= 0.3 is 5.97 Å². The van der Waals surface area contributed by atoms with E-state index in [1.165, 1.54) is 10.9 Å². The molecule has 1 aromatic carbocycles. The fraction of sp³-hybridized carbons (Fsp3) is 0.458. The van der Waals surface area contributed by atoms with Crippen LogP contribution in [0.1, 0.15) is 61.3 Å². The van der Waals surface area contributed by atoms with Crippen molar-refractivity contribution >= 4 is 28.5 Å². The van der Waals surface area contributed by atoms with Crippen LogP contribution in [0.3, 0.4) is 0 Å². The van der Waals surface area contributed by atoms with Crippen molar-refractivity contribution in [2.24, 2.45) is 12.5 Å². The number of nitrogens with zero attached hydrogens (tertiary/aromatic N) is 3. The van der Waals surface area contributed by atoms with Crippen molar-refractivity contribution in [1.82, 2.24) is 9.78 Å². The van der Waals surface area contributed by atoms with Crippen molar-refractivity contribution < 1.29 is 14.3 Å². The smallest absolute Gasteiger partial charge is 0.356 e. The van der Waals surface area contributed by atoms with Crippen LogP contribution in [-0.2, 0) is 7.05 Å². The maximum Gasteiger partial charge on any atom is 0.356 e. The van der Waals surface area contributed by atoms with Gasteiger partial charge in [0.1, 0.15) is 5.58 Å². The van der Waals surface area contributed by atoms with Crippen molar-refractivity contribution in [1.29, 1.82) is 0 Å². The first-order chi connectivity index (χ1) is 15.1. The molecular formula is C24H30N4O4. The summed E-state index contributed by atoms with van der Waals surface area (Å²) in [6.45, 7) is 10.1. The van der Waals surface area contributed by atoms with Crippen LogP contribution in [0.25, 0.3) is 11.0 Å². The van der Waals surface area contributed by atoms with Crippen LogP contribution in [0.4, 0.5) is 11.6 Å². The molecule has 8 heteroatoms. The second-order valence-corrected chi connectivity index (χ2v) is 9.53. The van der Waals surface area contributed by atoms with Crippen molar-refractivity contribution in [3.63, 3.8) is 0 Å². The highest BCUT2D eigenvalue weighted by molar-refractivity contribution is 5.92. The third-order valence-electron chi connectivity index (χ3n) is 6.40. The number of carboxylic acid groups (broad SMARTS) is 1. The van der Waals surface area contributed by atoms with Gasteiger partial charge in [-0.1, -0.05) is 19.9 Å². The molecule has 2 aromatic heterocycles. The Labute approximate surface area is 186 Å². The number of carboxylic acids is 1. The number of nitrogens with one attached hydrogen (secondary N) is 1. The molecule has 1 unspecified atom stereocenters. The Hall–Kier alpha value is -3.29. The second kappa shape index (κ2) is 8.00. The van der Waals surface area contributed by atoms with Crippen molar-refractivity contribution in [2.75, 3.05) is 23.3 Å². The first-order valence-corrected chi connectivity index (χ1v) is 10.9. The first kappa shape index (κ1) is 21.9. The second-order valence-electron chi connectivity index (χ2n) is 9.53. The molecule has 0 saturated carbocycles. The van der Waals surface area contributed by atoms with E-state index in [-0.39, 0.29) is 17.2 Å². The third kappa shape index (κ3) is 4.09. The molecule has 2 N–H and O–H groups in total. The van der Waals surface area contributed by atoms with E-state index in [0.29, 0.717) is 28.0 Å². The summed E-state index contributed by atoms with van der Waals surface area (Å²) in [5.74, 6) is -0.474. The standard InChI is InChI=1S/C24H30N4O4/c1-14-10-16(15(2)26-18-13-25-27(5)21(18)23(30)31)22-17(11-14)19(29)12-20(32-22)28-8-6-24(3,4)7-9-28/h10-13,15,26H,6-9H2,1-5H3,(H,30,31). The van der Waals surface area contributed by atoms with E-state index < -0.39 is 5.97 Å². The highest BCUT2D eigenvalue weighted by Crippen LogP contribution is 2.34. The topological polar surface area (TPSA) is 101 Å². The van der Waals surface area contributed by atoms with E-state index >= 15 is 0 Å². The van der Waals surface area contributed by atoms with Gasteiger partial charge in [-0.15, -0.1) is 0 Å². The van der Waals surface area contributed by atoms with Gasteiger partial charge in [0.05, 0.1) is 23.3 Å². The zero-order valence-corrected chi connectivity index (χ0v) is 19.2. The van der Waals surface area contributed by atoms with Crippen LogP contribution >= 0.6 is 0 Å². The number of benzene rings is 1. The predicted molar refractivity (Wildman–Crippen MR) is 125 cm³/mol. The summed E-state index contributed by atoms with van der Waals surface area (Å²) in [5, 5.41) is 17.3. The van der Waals surface area contributed by atoms with Crippen LogP contribution in [-0.4, -0.2) is 33.9 Å². The average Bonchev–Trinajstić information content (AvgIpc) is 3.08. The lowest BCUT2D eigenvalue weighted by molar-refractivity contribution is 0.0686. The number of anilines is 2. The van der Waals surface area contributed by atoms with Crippen LogP contribution < -0.4 is 15.6 Å². The summed E-state index contributed by atoms with van der Waals surface area (Å²) in [6.07, 6.45) is 3.56. The fourth-order valence-corrected chi connectivity index (χ4v) is 4.34. The number of fused-ring (bicyclic) bond motifs is 1. The summed E-state index contributed by atoms with van der Waals surface area (Å²) >= 11 is 0. The molecule has 4 rings (SSSR count). The van der Waals surface area contributed by atoms with Gasteiger partial charge in [0.2, 0.25) is 0 Å². The minimum Gasteiger partial charge on any atom is -0.476 e. The Bertz CT molecular complexity index is 1230. The Balaban J connectivity index is 1.75. The molecule has 0 bridgehead atoms.